The number of nitrogens with one attached hydrogen (secondary N) is 1. The Labute approximate surface area is 186 Å². The van der Waals surface area contributed by atoms with Crippen LogP contribution < -0.4 is 5.32 Å². The largest absolute Gasteiger partial charge is 0.350 e. The first kappa shape index (κ1) is 23.4. The van der Waals surface area contributed by atoms with Gasteiger partial charge in [-0.15, -0.1) is 0 Å². The summed E-state index contributed by atoms with van der Waals surface area (Å²) in [4.78, 5) is 14.9. The van der Waals surface area contributed by atoms with Gasteiger partial charge in [-0.1, -0.05) is 48.0 Å². The molecule has 168 valence electrons. The molecule has 1 N–H and O–H groups in total. The van der Waals surface area contributed by atoms with Crippen LogP contribution in [0.3, 0.4) is 0 Å². The summed E-state index contributed by atoms with van der Waals surface area (Å²) in [6, 6.07) is 13.7. The molecule has 0 bridgehead atoms. The highest BCUT2D eigenvalue weighted by atomic mass is 32.2. The molecule has 1 heterocycles. The molecular weight excluding hydrogens is 410 g/mol. The number of sulfonamides is 1. The van der Waals surface area contributed by atoms with Crippen LogP contribution in [0.25, 0.3) is 0 Å². The Balaban J connectivity index is 1.51. The van der Waals surface area contributed by atoms with Gasteiger partial charge in [-0.25, -0.2) is 8.42 Å². The number of aryl methyl sites for hydroxylation is 3. The Morgan fingerprint density at radius 3 is 2.16 bits per heavy atom. The summed E-state index contributed by atoms with van der Waals surface area (Å²) < 4.78 is 28.0. The van der Waals surface area contributed by atoms with E-state index in [1.807, 2.05) is 70.2 Å². The van der Waals surface area contributed by atoms with Gasteiger partial charge in [-0.2, -0.15) is 4.31 Å². The topological polar surface area (TPSA) is 69.7 Å². The molecule has 6 nitrogen and oxygen atoms in total. The molecule has 2 aromatic carbocycles. The van der Waals surface area contributed by atoms with Crippen molar-refractivity contribution in [3.63, 3.8) is 0 Å². The summed E-state index contributed by atoms with van der Waals surface area (Å²) in [6.07, 6.45) is 0.403. The van der Waals surface area contributed by atoms with Crippen LogP contribution in [0.2, 0.25) is 0 Å². The van der Waals surface area contributed by atoms with E-state index in [2.05, 4.69) is 10.2 Å². The van der Waals surface area contributed by atoms with Gasteiger partial charge in [-0.05, 0) is 44.4 Å². The van der Waals surface area contributed by atoms with Gasteiger partial charge >= 0.3 is 0 Å². The maximum absolute atomic E-state index is 13.2. The molecule has 1 aliphatic rings. The van der Waals surface area contributed by atoms with Crippen LogP contribution in [0, 0.1) is 20.8 Å². The first-order valence-corrected chi connectivity index (χ1v) is 12.3. The Morgan fingerprint density at radius 1 is 1.00 bits per heavy atom. The lowest BCUT2D eigenvalue weighted by atomic mass is 10.1. The highest BCUT2D eigenvalue weighted by molar-refractivity contribution is 7.89. The lowest BCUT2D eigenvalue weighted by molar-refractivity contribution is -0.122. The third-order valence-corrected chi connectivity index (χ3v) is 8.07. The van der Waals surface area contributed by atoms with Crippen LogP contribution >= 0.6 is 0 Å². The lowest BCUT2D eigenvalue weighted by Crippen LogP contribution is -2.49. The minimum atomic E-state index is -3.51. The van der Waals surface area contributed by atoms with Gasteiger partial charge in [0.25, 0.3) is 0 Å². The van der Waals surface area contributed by atoms with E-state index in [1.54, 1.807) is 4.31 Å². The SMILES string of the molecule is Cc1cc(C)c(S(=O)(=O)N2CCN(CCC(=O)NC(C)c3ccccc3)CC2)c(C)c1. The smallest absolute Gasteiger partial charge is 0.243 e. The van der Waals surface area contributed by atoms with Crippen LogP contribution in [0.1, 0.15) is 41.6 Å². The van der Waals surface area contributed by atoms with Crippen LogP contribution in [0.4, 0.5) is 0 Å². The van der Waals surface area contributed by atoms with Crippen molar-refractivity contribution in [3.05, 3.63) is 64.7 Å². The van der Waals surface area contributed by atoms with Gasteiger partial charge < -0.3 is 10.2 Å². The first-order chi connectivity index (χ1) is 14.7. The Morgan fingerprint density at radius 2 is 1.58 bits per heavy atom. The summed E-state index contributed by atoms with van der Waals surface area (Å²) >= 11 is 0. The Kier molecular flexibility index (Phi) is 7.51. The fourth-order valence-electron chi connectivity index (χ4n) is 4.29. The van der Waals surface area contributed by atoms with Crippen molar-refractivity contribution >= 4 is 15.9 Å². The van der Waals surface area contributed by atoms with E-state index in [4.69, 9.17) is 0 Å². The molecule has 0 spiro atoms. The number of piperazine rings is 1. The average molecular weight is 444 g/mol. The van der Waals surface area contributed by atoms with Crippen molar-refractivity contribution < 1.29 is 13.2 Å². The summed E-state index contributed by atoms with van der Waals surface area (Å²) in [5.74, 6) is 0.0114. The van der Waals surface area contributed by atoms with Gasteiger partial charge in [-0.3, -0.25) is 4.79 Å². The van der Waals surface area contributed by atoms with Crippen LogP contribution in [-0.2, 0) is 14.8 Å². The van der Waals surface area contributed by atoms with E-state index in [-0.39, 0.29) is 11.9 Å². The zero-order valence-electron chi connectivity index (χ0n) is 18.9. The first-order valence-electron chi connectivity index (χ1n) is 10.8. The van der Waals surface area contributed by atoms with Crippen molar-refractivity contribution in [3.8, 4) is 0 Å². The number of nitrogens with zero attached hydrogens (tertiary/aromatic N) is 2. The molecule has 0 aliphatic carbocycles. The number of benzene rings is 2. The summed E-state index contributed by atoms with van der Waals surface area (Å²) in [6.45, 7) is 10.4. The molecule has 3 rings (SSSR count). The van der Waals surface area contributed by atoms with Crippen molar-refractivity contribution in [1.29, 1.82) is 0 Å². The zero-order chi connectivity index (χ0) is 22.6. The van der Waals surface area contributed by atoms with Crippen molar-refractivity contribution in [1.82, 2.24) is 14.5 Å². The fraction of sp³-hybridized carbons (Fsp3) is 0.458. The number of carbonyl (C=O) groups excluding carboxylic acids is 1. The molecule has 0 saturated carbocycles. The van der Waals surface area contributed by atoms with Gasteiger partial charge in [0.1, 0.15) is 0 Å². The van der Waals surface area contributed by atoms with Crippen LogP contribution in [0.5, 0.6) is 0 Å². The second kappa shape index (κ2) is 9.94. The van der Waals surface area contributed by atoms with Crippen LogP contribution in [-0.4, -0.2) is 56.3 Å². The van der Waals surface area contributed by atoms with E-state index in [0.717, 1.165) is 22.3 Å². The summed E-state index contributed by atoms with van der Waals surface area (Å²) in [5.41, 5.74) is 3.74. The normalized spacial score (nSPS) is 16.8. The van der Waals surface area contributed by atoms with Gasteiger partial charge in [0, 0.05) is 39.1 Å². The molecule has 1 aliphatic heterocycles. The highest BCUT2D eigenvalue weighted by Gasteiger charge is 2.31. The second-order valence-electron chi connectivity index (χ2n) is 8.42. The standard InChI is InChI=1S/C24H33N3O3S/c1-18-16-19(2)24(20(3)17-18)31(29,30)27-14-12-26(13-15-27)11-10-23(28)25-21(4)22-8-6-5-7-9-22/h5-9,16-17,21H,10-15H2,1-4H3,(H,25,28). The van der Waals surface area contributed by atoms with E-state index in [0.29, 0.717) is 44.0 Å². The second-order valence-corrected chi connectivity index (χ2v) is 10.3. The quantitative estimate of drug-likeness (QED) is 0.714. The minimum absolute atomic E-state index is 0.0114. The molecule has 0 aromatic heterocycles. The maximum Gasteiger partial charge on any atom is 0.243 e. The van der Waals surface area contributed by atoms with E-state index < -0.39 is 10.0 Å². The summed E-state index contributed by atoms with van der Waals surface area (Å²) in [7, 11) is -3.51. The lowest BCUT2D eigenvalue weighted by Gasteiger charge is -2.34. The molecule has 1 fully saturated rings. The molecule has 1 saturated heterocycles. The molecule has 0 radical (unpaired) electrons. The molecular formula is C24H33N3O3S. The Hall–Kier alpha value is -2.22. The maximum atomic E-state index is 13.2. The molecule has 1 unspecified atom stereocenters. The number of amides is 1. The van der Waals surface area contributed by atoms with Crippen molar-refractivity contribution in [2.75, 3.05) is 32.7 Å². The van der Waals surface area contributed by atoms with E-state index in [9.17, 15) is 13.2 Å². The monoisotopic (exact) mass is 443 g/mol. The molecule has 1 atom stereocenters. The third-order valence-electron chi connectivity index (χ3n) is 5.87. The van der Waals surface area contributed by atoms with Gasteiger partial charge in [0.05, 0.1) is 10.9 Å². The predicted octanol–water partition coefficient (Wildman–Crippen LogP) is 3.19. The van der Waals surface area contributed by atoms with Crippen molar-refractivity contribution in [2.24, 2.45) is 0 Å². The molecule has 31 heavy (non-hydrogen) atoms. The average Bonchev–Trinajstić information content (AvgIpc) is 2.72. The number of rotatable bonds is 7. The highest BCUT2D eigenvalue weighted by Crippen LogP contribution is 2.26. The fourth-order valence-corrected chi connectivity index (χ4v) is 6.13. The minimum Gasteiger partial charge on any atom is -0.350 e. The number of hydrogen-bond acceptors (Lipinski definition) is 4. The number of carbonyl (C=O) groups is 1. The molecule has 7 heteroatoms. The van der Waals surface area contributed by atoms with E-state index >= 15 is 0 Å². The van der Waals surface area contributed by atoms with Gasteiger partial charge in [0.15, 0.2) is 0 Å². The van der Waals surface area contributed by atoms with Crippen molar-refractivity contribution in [2.45, 2.75) is 45.1 Å². The van der Waals surface area contributed by atoms with Crippen LogP contribution in [0.15, 0.2) is 47.4 Å². The zero-order valence-corrected chi connectivity index (χ0v) is 19.7. The number of hydrogen-bond donors (Lipinski definition) is 1. The molecule has 2 aromatic rings. The van der Waals surface area contributed by atoms with Gasteiger partial charge in [0.2, 0.25) is 15.9 Å². The molecule has 1 amide bonds. The van der Waals surface area contributed by atoms with E-state index in [1.165, 1.54) is 0 Å². The predicted molar refractivity (Wildman–Crippen MR) is 123 cm³/mol. The summed E-state index contributed by atoms with van der Waals surface area (Å²) in [5, 5.41) is 3.04. The Bertz CT molecular complexity index is 991. The third kappa shape index (κ3) is 5.73.